The molecule has 5 nitrogen and oxygen atoms in total. The van der Waals surface area contributed by atoms with Gasteiger partial charge in [0.05, 0.1) is 11.5 Å². The average molecular weight is 112 g/mol. The third-order valence-corrected chi connectivity index (χ3v) is 0.684. The van der Waals surface area contributed by atoms with Gasteiger partial charge in [-0.2, -0.15) is 4.68 Å². The van der Waals surface area contributed by atoms with Crippen LogP contribution in [0.3, 0.4) is 0 Å². The summed E-state index contributed by atoms with van der Waals surface area (Å²) in [5, 5.41) is 2.52. The van der Waals surface area contributed by atoms with Crippen LogP contribution >= 0.6 is 0 Å². The second-order valence-electron chi connectivity index (χ2n) is 1.26. The van der Waals surface area contributed by atoms with E-state index < -0.39 is 0 Å². The van der Waals surface area contributed by atoms with Crippen molar-refractivity contribution in [2.45, 2.75) is 0 Å². The molecule has 1 heterocycles. The fourth-order valence-corrected chi connectivity index (χ4v) is 0.373. The van der Waals surface area contributed by atoms with E-state index in [0.29, 0.717) is 5.82 Å². The molecular weight excluding hydrogens is 108 g/mol. The molecule has 0 saturated carbocycles. The molecule has 0 unspecified atom stereocenters. The predicted molar refractivity (Wildman–Crippen MR) is 27.8 cm³/mol. The van der Waals surface area contributed by atoms with Crippen molar-refractivity contribution >= 4 is 5.82 Å². The van der Waals surface area contributed by atoms with E-state index in [1.54, 1.807) is 0 Å². The van der Waals surface area contributed by atoms with Gasteiger partial charge in [0, 0.05) is 0 Å². The highest BCUT2D eigenvalue weighted by Crippen LogP contribution is 1.93. The molecule has 0 aliphatic rings. The number of nitrogen functional groups attached to an aromatic ring is 1. The SMILES string of the molecule is Nc1cn(N=O)cn1. The molecule has 1 aromatic heterocycles. The Morgan fingerprint density at radius 1 is 1.88 bits per heavy atom. The third kappa shape index (κ3) is 0.651. The first-order valence-corrected chi connectivity index (χ1v) is 1.96. The standard InChI is InChI=1S/C3H4N4O/c4-3-1-7(6-8)2-5-3/h1-2H,4H2. The van der Waals surface area contributed by atoms with E-state index in [0.717, 1.165) is 4.68 Å². The molecular formula is C3H4N4O. The number of hydrogen-bond acceptors (Lipinski definition) is 4. The Morgan fingerprint density at radius 3 is 2.88 bits per heavy atom. The van der Waals surface area contributed by atoms with Crippen LogP contribution in [0, 0.1) is 4.91 Å². The average Bonchev–Trinajstić information content (AvgIpc) is 2.14. The Hall–Kier alpha value is -1.39. The quantitative estimate of drug-likeness (QED) is 0.519. The minimum atomic E-state index is 0.296. The lowest BCUT2D eigenvalue weighted by molar-refractivity contribution is 0.864. The van der Waals surface area contributed by atoms with Crippen molar-refractivity contribution in [1.29, 1.82) is 0 Å². The summed E-state index contributed by atoms with van der Waals surface area (Å²) < 4.78 is 0.995. The molecule has 1 aromatic rings. The number of rotatable bonds is 1. The second-order valence-corrected chi connectivity index (χ2v) is 1.26. The molecule has 5 heteroatoms. The van der Waals surface area contributed by atoms with E-state index in [9.17, 15) is 4.91 Å². The fraction of sp³-hybridized carbons (Fsp3) is 0. The molecule has 0 radical (unpaired) electrons. The highest BCUT2D eigenvalue weighted by Gasteiger charge is 1.88. The number of imidazole rings is 1. The van der Waals surface area contributed by atoms with Crippen LogP contribution in [-0.2, 0) is 0 Å². The zero-order valence-corrected chi connectivity index (χ0v) is 3.98. The highest BCUT2D eigenvalue weighted by atomic mass is 16.3. The van der Waals surface area contributed by atoms with Gasteiger partial charge < -0.3 is 5.73 Å². The topological polar surface area (TPSA) is 73.3 Å². The monoisotopic (exact) mass is 112 g/mol. The van der Waals surface area contributed by atoms with E-state index >= 15 is 0 Å². The van der Waals surface area contributed by atoms with Crippen molar-refractivity contribution in [3.63, 3.8) is 0 Å². The van der Waals surface area contributed by atoms with Crippen LogP contribution in [-0.4, -0.2) is 9.66 Å². The number of nitroso groups, excluding NO2 is 1. The fourth-order valence-electron chi connectivity index (χ4n) is 0.373. The summed E-state index contributed by atoms with van der Waals surface area (Å²) in [7, 11) is 0. The Labute approximate surface area is 45.1 Å². The maximum Gasteiger partial charge on any atom is 0.143 e. The second kappa shape index (κ2) is 1.61. The van der Waals surface area contributed by atoms with E-state index in [1.807, 2.05) is 0 Å². The molecule has 1 rings (SSSR count). The molecule has 0 bridgehead atoms. The van der Waals surface area contributed by atoms with Crippen molar-refractivity contribution in [3.8, 4) is 0 Å². The first-order chi connectivity index (χ1) is 3.83. The van der Waals surface area contributed by atoms with Crippen molar-refractivity contribution in [2.24, 2.45) is 5.29 Å². The zero-order valence-electron chi connectivity index (χ0n) is 3.98. The number of nitrogens with two attached hydrogens (primary N) is 1. The van der Waals surface area contributed by atoms with Crippen molar-refractivity contribution in [1.82, 2.24) is 9.66 Å². The third-order valence-electron chi connectivity index (χ3n) is 0.684. The van der Waals surface area contributed by atoms with Gasteiger partial charge in [-0.3, -0.25) is 0 Å². The van der Waals surface area contributed by atoms with Gasteiger partial charge >= 0.3 is 0 Å². The molecule has 8 heavy (non-hydrogen) atoms. The van der Waals surface area contributed by atoms with Crippen molar-refractivity contribution < 1.29 is 0 Å². The number of nitrogens with zero attached hydrogens (tertiary/aromatic N) is 3. The van der Waals surface area contributed by atoms with Crippen molar-refractivity contribution in [3.05, 3.63) is 17.4 Å². The van der Waals surface area contributed by atoms with Gasteiger partial charge in [-0.15, -0.1) is 4.91 Å². The summed E-state index contributed by atoms with van der Waals surface area (Å²) >= 11 is 0. The molecule has 0 aliphatic heterocycles. The smallest absolute Gasteiger partial charge is 0.143 e. The largest absolute Gasteiger partial charge is 0.382 e. The molecule has 2 N–H and O–H groups in total. The van der Waals surface area contributed by atoms with Crippen LogP contribution in [0.1, 0.15) is 0 Å². The molecule has 0 aromatic carbocycles. The Kier molecular flexibility index (Phi) is 0.957. The van der Waals surface area contributed by atoms with Crippen molar-refractivity contribution in [2.75, 3.05) is 5.73 Å². The molecule has 0 atom stereocenters. The van der Waals surface area contributed by atoms with Gasteiger partial charge in [0.1, 0.15) is 12.1 Å². The van der Waals surface area contributed by atoms with E-state index in [2.05, 4.69) is 10.3 Å². The van der Waals surface area contributed by atoms with Crippen LogP contribution in [0.5, 0.6) is 0 Å². The minimum Gasteiger partial charge on any atom is -0.382 e. The summed E-state index contributed by atoms with van der Waals surface area (Å²) in [6.07, 6.45) is 2.56. The van der Waals surface area contributed by atoms with Gasteiger partial charge in [0.25, 0.3) is 0 Å². The van der Waals surface area contributed by atoms with E-state index in [4.69, 9.17) is 5.73 Å². The van der Waals surface area contributed by atoms with Gasteiger partial charge in [0.2, 0.25) is 0 Å². The maximum absolute atomic E-state index is 9.64. The summed E-state index contributed by atoms with van der Waals surface area (Å²) in [4.78, 5) is 13.2. The van der Waals surface area contributed by atoms with Gasteiger partial charge in [-0.05, 0) is 0 Å². The van der Waals surface area contributed by atoms with E-state index in [1.165, 1.54) is 12.5 Å². The minimum absolute atomic E-state index is 0.296. The zero-order chi connectivity index (χ0) is 5.98. The number of anilines is 1. The first-order valence-electron chi connectivity index (χ1n) is 1.96. The van der Waals surface area contributed by atoms with Gasteiger partial charge in [0.15, 0.2) is 0 Å². The Balaban J connectivity index is 3.00. The highest BCUT2D eigenvalue weighted by molar-refractivity contribution is 5.22. The summed E-state index contributed by atoms with van der Waals surface area (Å²) in [5.41, 5.74) is 5.12. The summed E-state index contributed by atoms with van der Waals surface area (Å²) in [6, 6.07) is 0. The summed E-state index contributed by atoms with van der Waals surface area (Å²) in [6.45, 7) is 0. The molecule has 0 saturated heterocycles. The molecule has 42 valence electrons. The number of aromatic nitrogens is 2. The van der Waals surface area contributed by atoms with Crippen LogP contribution < -0.4 is 5.73 Å². The van der Waals surface area contributed by atoms with Crippen LogP contribution in [0.4, 0.5) is 5.82 Å². The maximum atomic E-state index is 9.64. The predicted octanol–water partition coefficient (Wildman–Crippen LogP) is -0.00520. The van der Waals surface area contributed by atoms with Crippen LogP contribution in [0.25, 0.3) is 0 Å². The molecule has 0 aliphatic carbocycles. The van der Waals surface area contributed by atoms with E-state index in [-0.39, 0.29) is 0 Å². The lowest BCUT2D eigenvalue weighted by Gasteiger charge is -1.75. The Morgan fingerprint density at radius 2 is 2.62 bits per heavy atom. The molecule has 0 fully saturated rings. The molecule has 0 spiro atoms. The van der Waals surface area contributed by atoms with Gasteiger partial charge in [-0.1, -0.05) is 0 Å². The molecule has 0 amide bonds. The van der Waals surface area contributed by atoms with Gasteiger partial charge in [-0.25, -0.2) is 4.98 Å². The first kappa shape index (κ1) is 4.76. The Bertz CT molecular complexity index is 193. The van der Waals surface area contributed by atoms with Crippen LogP contribution in [0.2, 0.25) is 0 Å². The van der Waals surface area contributed by atoms with Crippen LogP contribution in [0.15, 0.2) is 17.8 Å². The normalized spacial score (nSPS) is 9.00. The lowest BCUT2D eigenvalue weighted by Crippen LogP contribution is -1.81. The number of hydrogen-bond donors (Lipinski definition) is 1. The summed E-state index contributed by atoms with van der Waals surface area (Å²) in [5.74, 6) is 0.296. The lowest BCUT2D eigenvalue weighted by atomic mass is 10.8.